The van der Waals surface area contributed by atoms with E-state index in [4.69, 9.17) is 5.73 Å². The molecule has 122 valence electrons. The van der Waals surface area contributed by atoms with E-state index in [0.717, 1.165) is 19.3 Å². The van der Waals surface area contributed by atoms with Gasteiger partial charge in [0, 0.05) is 11.8 Å². The van der Waals surface area contributed by atoms with Gasteiger partial charge in [-0.1, -0.05) is 19.3 Å². The van der Waals surface area contributed by atoms with Crippen LogP contribution >= 0.6 is 12.4 Å². The van der Waals surface area contributed by atoms with Crippen molar-refractivity contribution in [1.29, 1.82) is 0 Å². The molecule has 0 aromatic heterocycles. The SMILES string of the molecule is Cl.NC1(C(=O)Nc2ccc3c(c2)OC(F)(F)O3)CCCCC1. The molecule has 0 spiro atoms. The predicted molar refractivity (Wildman–Crippen MR) is 78.5 cm³/mol. The first-order valence-corrected chi connectivity index (χ1v) is 6.88. The number of anilines is 1. The summed E-state index contributed by atoms with van der Waals surface area (Å²) in [6, 6.07) is 4.12. The van der Waals surface area contributed by atoms with Crippen LogP contribution in [0.1, 0.15) is 32.1 Å². The minimum atomic E-state index is -3.66. The summed E-state index contributed by atoms with van der Waals surface area (Å²) in [5.74, 6) is -0.460. The van der Waals surface area contributed by atoms with Crippen molar-refractivity contribution < 1.29 is 23.0 Å². The Hall–Kier alpha value is -1.60. The van der Waals surface area contributed by atoms with E-state index >= 15 is 0 Å². The zero-order valence-electron chi connectivity index (χ0n) is 11.7. The van der Waals surface area contributed by atoms with E-state index in [1.54, 1.807) is 0 Å². The van der Waals surface area contributed by atoms with Gasteiger partial charge in [0.1, 0.15) is 0 Å². The summed E-state index contributed by atoms with van der Waals surface area (Å²) < 4.78 is 34.5. The van der Waals surface area contributed by atoms with Gasteiger partial charge in [-0.15, -0.1) is 21.2 Å². The van der Waals surface area contributed by atoms with E-state index in [0.29, 0.717) is 18.5 Å². The molecule has 0 radical (unpaired) electrons. The van der Waals surface area contributed by atoms with Gasteiger partial charge in [0.25, 0.3) is 0 Å². The Morgan fingerprint density at radius 2 is 1.77 bits per heavy atom. The summed E-state index contributed by atoms with van der Waals surface area (Å²) in [7, 11) is 0. The van der Waals surface area contributed by atoms with Crippen LogP contribution in [0, 0.1) is 0 Å². The minimum absolute atomic E-state index is 0. The lowest BCUT2D eigenvalue weighted by molar-refractivity contribution is -0.286. The van der Waals surface area contributed by atoms with Gasteiger partial charge >= 0.3 is 6.29 Å². The van der Waals surface area contributed by atoms with Crippen LogP contribution in [0.4, 0.5) is 14.5 Å². The number of benzene rings is 1. The number of rotatable bonds is 2. The number of amides is 1. The van der Waals surface area contributed by atoms with Gasteiger partial charge in [0.05, 0.1) is 5.54 Å². The fourth-order valence-corrected chi connectivity index (χ4v) is 2.69. The highest BCUT2D eigenvalue weighted by Crippen LogP contribution is 2.42. The molecule has 5 nitrogen and oxygen atoms in total. The smallest absolute Gasteiger partial charge is 0.395 e. The molecular weight excluding hydrogens is 318 g/mol. The first-order valence-electron chi connectivity index (χ1n) is 6.88. The van der Waals surface area contributed by atoms with Crippen molar-refractivity contribution in [1.82, 2.24) is 0 Å². The second-order valence-corrected chi connectivity index (χ2v) is 5.50. The molecule has 1 aromatic carbocycles. The van der Waals surface area contributed by atoms with Crippen molar-refractivity contribution >= 4 is 24.0 Å². The van der Waals surface area contributed by atoms with E-state index in [9.17, 15) is 13.6 Å². The topological polar surface area (TPSA) is 73.6 Å². The maximum atomic E-state index is 12.9. The number of hydrogen-bond donors (Lipinski definition) is 2. The van der Waals surface area contributed by atoms with Gasteiger partial charge in [-0.2, -0.15) is 0 Å². The van der Waals surface area contributed by atoms with Crippen molar-refractivity contribution in [2.45, 2.75) is 43.9 Å². The fraction of sp³-hybridized carbons (Fsp3) is 0.500. The first-order chi connectivity index (χ1) is 9.88. The molecule has 2 aliphatic rings. The Balaban J connectivity index is 0.00000176. The number of alkyl halides is 2. The third-order valence-corrected chi connectivity index (χ3v) is 3.86. The number of nitrogens with one attached hydrogen (secondary N) is 1. The van der Waals surface area contributed by atoms with Crippen LogP contribution in [0.5, 0.6) is 11.5 Å². The lowest BCUT2D eigenvalue weighted by Crippen LogP contribution is -2.52. The summed E-state index contributed by atoms with van der Waals surface area (Å²) in [5.41, 5.74) is 5.58. The maximum absolute atomic E-state index is 12.9. The lowest BCUT2D eigenvalue weighted by Gasteiger charge is -2.31. The van der Waals surface area contributed by atoms with Crippen LogP contribution in [0.15, 0.2) is 18.2 Å². The van der Waals surface area contributed by atoms with Gasteiger partial charge in [-0.3, -0.25) is 4.79 Å². The highest BCUT2D eigenvalue weighted by Gasteiger charge is 2.43. The van der Waals surface area contributed by atoms with Gasteiger partial charge in [-0.05, 0) is 25.0 Å². The number of halogens is 3. The molecule has 0 saturated heterocycles. The fourth-order valence-electron chi connectivity index (χ4n) is 2.69. The molecule has 3 N–H and O–H groups in total. The Morgan fingerprint density at radius 1 is 1.14 bits per heavy atom. The molecule has 1 heterocycles. The molecule has 22 heavy (non-hydrogen) atoms. The van der Waals surface area contributed by atoms with Crippen LogP contribution in [-0.4, -0.2) is 17.7 Å². The molecule has 0 bridgehead atoms. The van der Waals surface area contributed by atoms with Crippen molar-refractivity contribution in [3.05, 3.63) is 18.2 Å². The van der Waals surface area contributed by atoms with Crippen LogP contribution in [0.3, 0.4) is 0 Å². The summed E-state index contributed by atoms with van der Waals surface area (Å²) in [4.78, 5) is 12.3. The monoisotopic (exact) mass is 334 g/mol. The van der Waals surface area contributed by atoms with Crippen LogP contribution in [0.25, 0.3) is 0 Å². The summed E-state index contributed by atoms with van der Waals surface area (Å²) in [6.45, 7) is 0. The molecule has 1 aliphatic heterocycles. The van der Waals surface area contributed by atoms with E-state index in [1.165, 1.54) is 18.2 Å². The van der Waals surface area contributed by atoms with Gasteiger partial charge in [0.2, 0.25) is 5.91 Å². The maximum Gasteiger partial charge on any atom is 0.586 e. The quantitative estimate of drug-likeness (QED) is 0.872. The second kappa shape index (κ2) is 5.89. The third-order valence-electron chi connectivity index (χ3n) is 3.86. The lowest BCUT2D eigenvalue weighted by atomic mass is 9.82. The van der Waals surface area contributed by atoms with E-state index in [-0.39, 0.29) is 29.8 Å². The van der Waals surface area contributed by atoms with E-state index in [2.05, 4.69) is 14.8 Å². The molecule has 1 aromatic rings. The van der Waals surface area contributed by atoms with E-state index < -0.39 is 11.8 Å². The van der Waals surface area contributed by atoms with Gasteiger partial charge < -0.3 is 20.5 Å². The largest absolute Gasteiger partial charge is 0.586 e. The summed E-state index contributed by atoms with van der Waals surface area (Å²) in [5, 5.41) is 2.66. The Kier molecular flexibility index (Phi) is 4.49. The average molecular weight is 335 g/mol. The second-order valence-electron chi connectivity index (χ2n) is 5.50. The van der Waals surface area contributed by atoms with Crippen molar-refractivity contribution in [3.63, 3.8) is 0 Å². The Labute approximate surface area is 132 Å². The minimum Gasteiger partial charge on any atom is -0.395 e. The Morgan fingerprint density at radius 3 is 2.45 bits per heavy atom. The summed E-state index contributed by atoms with van der Waals surface area (Å²) in [6.07, 6.45) is 0.492. The van der Waals surface area contributed by atoms with Crippen LogP contribution < -0.4 is 20.5 Å². The average Bonchev–Trinajstić information content (AvgIpc) is 2.72. The third kappa shape index (κ3) is 3.25. The van der Waals surface area contributed by atoms with Gasteiger partial charge in [-0.25, -0.2) is 0 Å². The predicted octanol–water partition coefficient (Wildman–Crippen LogP) is 3.03. The first kappa shape index (κ1) is 16.8. The zero-order chi connectivity index (χ0) is 15.1. The molecule has 0 atom stereocenters. The van der Waals surface area contributed by atoms with Crippen molar-refractivity contribution in [2.24, 2.45) is 5.73 Å². The highest BCUT2D eigenvalue weighted by atomic mass is 35.5. The normalized spacial score (nSPS) is 20.9. The number of nitrogens with two attached hydrogens (primary N) is 1. The summed E-state index contributed by atoms with van der Waals surface area (Å²) >= 11 is 0. The molecule has 8 heteroatoms. The van der Waals surface area contributed by atoms with Crippen molar-refractivity contribution in [3.8, 4) is 11.5 Å². The molecule has 1 saturated carbocycles. The zero-order valence-corrected chi connectivity index (χ0v) is 12.6. The molecule has 1 aliphatic carbocycles. The number of carbonyl (C=O) groups is 1. The molecular formula is C14H17ClF2N2O3. The standard InChI is InChI=1S/C14H16F2N2O3.ClH/c15-14(16)20-10-5-4-9(8-11(10)21-14)18-12(19)13(17)6-2-1-3-7-13;/h4-5,8H,1-3,6-7,17H2,(H,18,19);1H. The van der Waals surface area contributed by atoms with Gasteiger partial charge in [0.15, 0.2) is 11.5 Å². The van der Waals surface area contributed by atoms with Crippen LogP contribution in [-0.2, 0) is 4.79 Å². The van der Waals surface area contributed by atoms with Crippen LogP contribution in [0.2, 0.25) is 0 Å². The molecule has 1 amide bonds. The van der Waals surface area contributed by atoms with Crippen molar-refractivity contribution in [2.75, 3.05) is 5.32 Å². The number of ether oxygens (including phenoxy) is 2. The molecule has 0 unspecified atom stereocenters. The number of carbonyl (C=O) groups excluding carboxylic acids is 1. The molecule has 1 fully saturated rings. The molecule has 3 rings (SSSR count). The van der Waals surface area contributed by atoms with E-state index in [1.807, 2.05) is 0 Å². The Bertz CT molecular complexity index is 577. The highest BCUT2D eigenvalue weighted by molar-refractivity contribution is 5.98. The number of fused-ring (bicyclic) bond motifs is 1. The number of hydrogen-bond acceptors (Lipinski definition) is 4.